The number of ether oxygens (including phenoxy) is 1. The van der Waals surface area contributed by atoms with Gasteiger partial charge in [-0.05, 0) is 120 Å². The number of alkyl halides is 2. The second-order valence-corrected chi connectivity index (χ2v) is 16.5. The van der Waals surface area contributed by atoms with E-state index < -0.39 is 12.0 Å². The van der Waals surface area contributed by atoms with E-state index in [-0.39, 0.29) is 53.3 Å². The Morgan fingerprint density at radius 1 is 0.857 bits per heavy atom. The number of H-pyrrole nitrogens is 2. The van der Waals surface area contributed by atoms with Crippen LogP contribution in [0, 0.1) is 11.3 Å². The third-order valence-electron chi connectivity index (χ3n) is 13.2. The molecule has 2 aliphatic heterocycles. The Kier molecular flexibility index (Phi) is 7.16. The number of piperidine rings is 1. The van der Waals surface area contributed by atoms with E-state index in [1.54, 1.807) is 29.2 Å². The molecule has 2 saturated heterocycles. The van der Waals surface area contributed by atoms with Gasteiger partial charge in [0.2, 0.25) is 0 Å². The Labute approximate surface area is 321 Å². The van der Waals surface area contributed by atoms with Gasteiger partial charge in [0.05, 0.1) is 23.1 Å². The van der Waals surface area contributed by atoms with Crippen LogP contribution in [0.15, 0.2) is 97.1 Å². The van der Waals surface area contributed by atoms with Crippen molar-refractivity contribution >= 4 is 23.2 Å². The number of carbonyl (C=O) groups is 2. The molecule has 282 valence electrons. The first-order chi connectivity index (χ1) is 27.1. The smallest absolute Gasteiger partial charge is 0.410 e. The molecule has 2 aromatic heterocycles. The SMILES string of the molecule is O=C(OCc1ccccc1)N1CC2(CC2)CC1c1ccc(-c2ccc3c(c2)C(F)(F)c2cc(-c4ccc5nc(C6C7CCC(C7)N6C(=O)O)[nH]c5c4)ccc2-3)[nH]1. The van der Waals surface area contributed by atoms with Crippen molar-refractivity contribution in [2.45, 2.75) is 69.2 Å². The van der Waals surface area contributed by atoms with Gasteiger partial charge in [0.15, 0.2) is 0 Å². The van der Waals surface area contributed by atoms with Gasteiger partial charge in [-0.25, -0.2) is 14.6 Å². The lowest BCUT2D eigenvalue weighted by molar-refractivity contribution is 0.0481. The fourth-order valence-corrected chi connectivity index (χ4v) is 10.2. The van der Waals surface area contributed by atoms with Crippen LogP contribution in [0.4, 0.5) is 18.4 Å². The molecule has 3 aliphatic carbocycles. The Morgan fingerprint density at radius 3 is 2.36 bits per heavy atom. The molecule has 6 aromatic rings. The van der Waals surface area contributed by atoms with Crippen LogP contribution in [0.2, 0.25) is 0 Å². The van der Waals surface area contributed by atoms with Crippen molar-refractivity contribution in [3.63, 3.8) is 0 Å². The summed E-state index contributed by atoms with van der Waals surface area (Å²) < 4.78 is 38.7. The maximum atomic E-state index is 16.5. The lowest BCUT2D eigenvalue weighted by Gasteiger charge is -2.31. The molecule has 3 N–H and O–H groups in total. The largest absolute Gasteiger partial charge is 0.465 e. The molecule has 4 unspecified atom stereocenters. The highest BCUT2D eigenvalue weighted by Crippen LogP contribution is 2.59. The monoisotopic (exact) mass is 751 g/mol. The molecule has 4 atom stereocenters. The van der Waals surface area contributed by atoms with Crippen LogP contribution in [0.3, 0.4) is 0 Å². The highest BCUT2D eigenvalue weighted by atomic mass is 19.3. The maximum Gasteiger partial charge on any atom is 0.410 e. The molecule has 11 rings (SSSR count). The summed E-state index contributed by atoms with van der Waals surface area (Å²) >= 11 is 0. The first-order valence-corrected chi connectivity index (χ1v) is 19.5. The number of hydrogen-bond acceptors (Lipinski definition) is 4. The average Bonchev–Trinajstić information content (AvgIpc) is 3.86. The summed E-state index contributed by atoms with van der Waals surface area (Å²) in [7, 11) is 0. The number of halogens is 2. The van der Waals surface area contributed by atoms with Crippen molar-refractivity contribution in [1.82, 2.24) is 24.8 Å². The summed E-state index contributed by atoms with van der Waals surface area (Å²) in [6.07, 6.45) is 4.45. The van der Waals surface area contributed by atoms with Crippen LogP contribution < -0.4 is 0 Å². The lowest BCUT2D eigenvalue weighted by Crippen LogP contribution is -2.39. The Hall–Kier alpha value is -5.97. The predicted molar refractivity (Wildman–Crippen MR) is 206 cm³/mol. The number of fused-ring (bicyclic) bond motifs is 6. The molecule has 1 spiro atoms. The summed E-state index contributed by atoms with van der Waals surface area (Å²) in [6.45, 7) is 0.851. The van der Waals surface area contributed by atoms with Crippen LogP contribution in [0.25, 0.3) is 44.5 Å². The van der Waals surface area contributed by atoms with Crippen LogP contribution in [-0.4, -0.2) is 54.6 Å². The minimum absolute atomic E-state index is 0.0283. The molecule has 2 bridgehead atoms. The van der Waals surface area contributed by atoms with E-state index in [2.05, 4.69) is 9.97 Å². The third kappa shape index (κ3) is 5.19. The molecule has 2 amide bonds. The van der Waals surface area contributed by atoms with Crippen molar-refractivity contribution in [3.8, 4) is 33.5 Å². The number of carbonyl (C=O) groups excluding carboxylic acids is 1. The van der Waals surface area contributed by atoms with Gasteiger partial charge >= 0.3 is 12.2 Å². The highest BCUT2D eigenvalue weighted by molar-refractivity contribution is 5.87. The van der Waals surface area contributed by atoms with Gasteiger partial charge in [-0.1, -0.05) is 60.7 Å². The number of rotatable bonds is 6. The fourth-order valence-electron chi connectivity index (χ4n) is 10.2. The van der Waals surface area contributed by atoms with Crippen LogP contribution >= 0.6 is 0 Å². The van der Waals surface area contributed by atoms with Gasteiger partial charge in [-0.3, -0.25) is 9.80 Å². The molecule has 11 heteroatoms. The lowest BCUT2D eigenvalue weighted by atomic mass is 9.98. The van der Waals surface area contributed by atoms with E-state index in [9.17, 15) is 14.7 Å². The van der Waals surface area contributed by atoms with Crippen LogP contribution in [0.5, 0.6) is 0 Å². The number of nitrogens with zero attached hydrogens (tertiary/aromatic N) is 3. The number of aromatic nitrogens is 3. The number of amides is 2. The normalized spacial score (nSPS) is 23.5. The maximum absolute atomic E-state index is 16.5. The minimum atomic E-state index is -3.22. The van der Waals surface area contributed by atoms with Crippen molar-refractivity contribution in [2.75, 3.05) is 6.54 Å². The van der Waals surface area contributed by atoms with E-state index in [1.807, 2.05) is 77.7 Å². The molecule has 2 saturated carbocycles. The fraction of sp³-hybridized carbons (Fsp3) is 0.311. The summed E-state index contributed by atoms with van der Waals surface area (Å²) in [6, 6.07) is 29.2. The molecule has 4 fully saturated rings. The molecule has 5 aliphatic rings. The van der Waals surface area contributed by atoms with Gasteiger partial charge in [-0.15, -0.1) is 0 Å². The van der Waals surface area contributed by atoms with Gasteiger partial charge in [0.1, 0.15) is 12.4 Å². The summed E-state index contributed by atoms with van der Waals surface area (Å²) in [4.78, 5) is 40.5. The second-order valence-electron chi connectivity index (χ2n) is 16.5. The Morgan fingerprint density at radius 2 is 1.59 bits per heavy atom. The Balaban J connectivity index is 0.848. The van der Waals surface area contributed by atoms with Gasteiger partial charge in [0, 0.05) is 35.1 Å². The molecule has 9 nitrogen and oxygen atoms in total. The van der Waals surface area contributed by atoms with Gasteiger partial charge in [0.25, 0.3) is 5.92 Å². The Bertz CT molecular complexity index is 2580. The molecule has 4 aromatic carbocycles. The summed E-state index contributed by atoms with van der Waals surface area (Å²) in [5, 5.41) is 9.93. The van der Waals surface area contributed by atoms with Gasteiger partial charge in [-0.2, -0.15) is 8.78 Å². The standard InChI is InChI=1S/C45H39F2N5O4/c46-45(47)33-19-26(27-9-13-36-38(21-27)50-41(49-36)40-29-6-10-30(18-29)52(40)42(53)54)7-11-31(33)32-12-8-28(20-34(32)45)35-14-15-37(48-35)39-22-44(16-17-44)24-51(39)43(55)56-23-25-4-2-1-3-5-25/h1-5,7-9,11-15,19-21,29-30,39-40,48H,6,10,16-18,22-24H2,(H,49,50)(H,53,54). The number of nitrogens with one attached hydrogen (secondary N) is 2. The van der Waals surface area contributed by atoms with E-state index >= 15 is 8.78 Å². The quantitative estimate of drug-likeness (QED) is 0.157. The number of hydrogen-bond donors (Lipinski definition) is 3. The van der Waals surface area contributed by atoms with Gasteiger partial charge < -0.3 is 19.8 Å². The topological polar surface area (TPSA) is 115 Å². The van der Waals surface area contributed by atoms with E-state index in [0.717, 1.165) is 60.9 Å². The average molecular weight is 752 g/mol. The van der Waals surface area contributed by atoms with Crippen molar-refractivity contribution in [1.29, 1.82) is 0 Å². The molecule has 0 radical (unpaired) electrons. The summed E-state index contributed by atoms with van der Waals surface area (Å²) in [5.74, 6) is -2.34. The number of benzene rings is 4. The van der Waals surface area contributed by atoms with E-state index in [1.165, 1.54) is 0 Å². The first kappa shape index (κ1) is 33.4. The number of likely N-dealkylation sites (tertiary alicyclic amines) is 2. The highest BCUT2D eigenvalue weighted by Gasteiger charge is 2.54. The zero-order chi connectivity index (χ0) is 37.9. The van der Waals surface area contributed by atoms with Crippen molar-refractivity contribution < 1.29 is 28.2 Å². The molecular weight excluding hydrogens is 713 g/mol. The molecular formula is C45H39F2N5O4. The predicted octanol–water partition coefficient (Wildman–Crippen LogP) is 10.4. The van der Waals surface area contributed by atoms with Crippen molar-refractivity contribution in [2.24, 2.45) is 11.3 Å². The number of aromatic amines is 2. The van der Waals surface area contributed by atoms with E-state index in [4.69, 9.17) is 9.72 Å². The molecule has 56 heavy (non-hydrogen) atoms. The third-order valence-corrected chi connectivity index (χ3v) is 13.2. The number of imidazole rings is 1. The van der Waals surface area contributed by atoms with E-state index in [0.29, 0.717) is 45.8 Å². The molecule has 4 heterocycles. The van der Waals surface area contributed by atoms with Crippen molar-refractivity contribution in [3.05, 3.63) is 125 Å². The van der Waals surface area contributed by atoms with Crippen LogP contribution in [0.1, 0.15) is 78.8 Å². The number of carboxylic acid groups (broad SMARTS) is 1. The first-order valence-electron chi connectivity index (χ1n) is 19.5. The van der Waals surface area contributed by atoms with Crippen LogP contribution in [-0.2, 0) is 17.3 Å². The zero-order valence-corrected chi connectivity index (χ0v) is 30.5. The minimum Gasteiger partial charge on any atom is -0.465 e. The zero-order valence-electron chi connectivity index (χ0n) is 30.5. The second kappa shape index (κ2) is 12.0. The summed E-state index contributed by atoms with van der Waals surface area (Å²) in [5.41, 5.74) is 7.11.